The maximum atomic E-state index is 11.2. The number of aldehydes is 1. The van der Waals surface area contributed by atoms with Gasteiger partial charge in [-0.1, -0.05) is 13.0 Å². The highest BCUT2D eigenvalue weighted by Gasteiger charge is 2.24. The van der Waals surface area contributed by atoms with E-state index in [4.69, 9.17) is 14.7 Å². The lowest BCUT2D eigenvalue weighted by molar-refractivity contribution is -0.108. The maximum Gasteiger partial charge on any atom is 0.120 e. The lowest BCUT2D eigenvalue weighted by Crippen LogP contribution is -2.45. The molecule has 2 atom stereocenters. The Kier molecular flexibility index (Phi) is 7.83. The molecule has 2 unspecified atom stereocenters. The van der Waals surface area contributed by atoms with Gasteiger partial charge in [0.1, 0.15) is 6.29 Å². The van der Waals surface area contributed by atoms with Crippen molar-refractivity contribution in [2.24, 2.45) is 0 Å². The van der Waals surface area contributed by atoms with Gasteiger partial charge in [-0.25, -0.2) is 0 Å². The average molecular weight is 408 g/mol. The van der Waals surface area contributed by atoms with Crippen LogP contribution in [-0.2, 0) is 14.3 Å². The van der Waals surface area contributed by atoms with Crippen molar-refractivity contribution in [1.29, 1.82) is 5.26 Å². The Morgan fingerprint density at radius 1 is 1.33 bits per heavy atom. The van der Waals surface area contributed by atoms with E-state index in [1.54, 1.807) is 19.2 Å². The minimum atomic E-state index is 0.00901. The molecule has 0 spiro atoms. The lowest BCUT2D eigenvalue weighted by Gasteiger charge is -2.38. The molecule has 30 heavy (non-hydrogen) atoms. The SMILES string of the molecule is CCC1COCCN1c1ccc(C(CC=O)COC)cc1Nc1ccc(C#N)cc1. The fourth-order valence-electron chi connectivity index (χ4n) is 3.87. The third-order valence-electron chi connectivity index (χ3n) is 5.54. The quantitative estimate of drug-likeness (QED) is 0.627. The number of ether oxygens (including phenoxy) is 2. The van der Waals surface area contributed by atoms with Crippen LogP contribution >= 0.6 is 0 Å². The Morgan fingerprint density at radius 3 is 2.80 bits per heavy atom. The van der Waals surface area contributed by atoms with Crippen LogP contribution < -0.4 is 10.2 Å². The number of carbonyl (C=O) groups is 1. The number of anilines is 3. The molecule has 0 saturated carbocycles. The normalized spacial score (nSPS) is 17.2. The molecule has 0 amide bonds. The van der Waals surface area contributed by atoms with Crippen molar-refractivity contribution in [2.45, 2.75) is 31.7 Å². The zero-order chi connectivity index (χ0) is 21.3. The van der Waals surface area contributed by atoms with E-state index in [2.05, 4.69) is 41.4 Å². The third kappa shape index (κ3) is 5.18. The molecule has 1 N–H and O–H groups in total. The summed E-state index contributed by atoms with van der Waals surface area (Å²) >= 11 is 0. The number of carbonyl (C=O) groups excluding carboxylic acids is 1. The van der Waals surface area contributed by atoms with Gasteiger partial charge in [-0.3, -0.25) is 0 Å². The van der Waals surface area contributed by atoms with Crippen LogP contribution in [0.15, 0.2) is 42.5 Å². The first-order valence-electron chi connectivity index (χ1n) is 10.4. The topological polar surface area (TPSA) is 74.6 Å². The molecule has 6 heteroatoms. The smallest absolute Gasteiger partial charge is 0.120 e. The second kappa shape index (κ2) is 10.8. The lowest BCUT2D eigenvalue weighted by atomic mass is 9.95. The number of hydrogen-bond donors (Lipinski definition) is 1. The van der Waals surface area contributed by atoms with E-state index in [1.807, 2.05) is 12.1 Å². The summed E-state index contributed by atoms with van der Waals surface area (Å²) in [5, 5.41) is 12.6. The van der Waals surface area contributed by atoms with Crippen LogP contribution in [0.25, 0.3) is 0 Å². The summed E-state index contributed by atoms with van der Waals surface area (Å²) in [7, 11) is 1.65. The highest BCUT2D eigenvalue weighted by molar-refractivity contribution is 5.77. The van der Waals surface area contributed by atoms with Gasteiger partial charge in [-0.15, -0.1) is 0 Å². The van der Waals surface area contributed by atoms with E-state index in [9.17, 15) is 4.79 Å². The van der Waals surface area contributed by atoms with Crippen LogP contribution in [0.5, 0.6) is 0 Å². The molecule has 158 valence electrons. The van der Waals surface area contributed by atoms with E-state index in [1.165, 1.54) is 0 Å². The molecule has 1 saturated heterocycles. The first-order valence-corrected chi connectivity index (χ1v) is 10.4. The Labute approximate surface area is 178 Å². The second-order valence-corrected chi connectivity index (χ2v) is 7.48. The summed E-state index contributed by atoms with van der Waals surface area (Å²) in [6.07, 6.45) is 2.36. The van der Waals surface area contributed by atoms with Gasteiger partial charge < -0.3 is 24.5 Å². The second-order valence-electron chi connectivity index (χ2n) is 7.48. The summed E-state index contributed by atoms with van der Waals surface area (Å²) in [5.41, 5.74) is 4.68. The van der Waals surface area contributed by atoms with Crippen LogP contribution in [-0.4, -0.2) is 45.8 Å². The van der Waals surface area contributed by atoms with Gasteiger partial charge in [0.15, 0.2) is 0 Å². The first-order chi connectivity index (χ1) is 14.7. The van der Waals surface area contributed by atoms with E-state index in [-0.39, 0.29) is 5.92 Å². The Hall–Kier alpha value is -2.88. The number of rotatable bonds is 9. The van der Waals surface area contributed by atoms with Crippen molar-refractivity contribution in [3.05, 3.63) is 53.6 Å². The Balaban J connectivity index is 1.99. The molecule has 1 aliphatic rings. The van der Waals surface area contributed by atoms with Gasteiger partial charge in [-0.05, 0) is 48.4 Å². The molecule has 0 bridgehead atoms. The predicted molar refractivity (Wildman–Crippen MR) is 118 cm³/mol. The minimum Gasteiger partial charge on any atom is -0.384 e. The molecule has 6 nitrogen and oxygen atoms in total. The van der Waals surface area contributed by atoms with Crippen molar-refractivity contribution in [1.82, 2.24) is 0 Å². The number of methoxy groups -OCH3 is 1. The maximum absolute atomic E-state index is 11.2. The van der Waals surface area contributed by atoms with Crippen molar-refractivity contribution in [2.75, 3.05) is 43.7 Å². The number of benzene rings is 2. The molecular weight excluding hydrogens is 378 g/mol. The molecule has 3 rings (SSSR count). The third-order valence-corrected chi connectivity index (χ3v) is 5.54. The summed E-state index contributed by atoms with van der Waals surface area (Å²) < 4.78 is 11.0. The molecular formula is C24H29N3O3. The molecule has 1 aliphatic heterocycles. The standard InChI is InChI=1S/C24H29N3O3/c1-3-22-17-30-13-11-27(22)24-9-6-19(20(10-12-28)16-29-2)14-23(24)26-21-7-4-18(15-25)5-8-21/h4-9,12,14,20,22,26H,3,10-11,13,16-17H2,1-2H3. The number of morpholine rings is 1. The monoisotopic (exact) mass is 407 g/mol. The van der Waals surface area contributed by atoms with Gasteiger partial charge in [0, 0.05) is 31.7 Å². The summed E-state index contributed by atoms with van der Waals surface area (Å²) in [6, 6.07) is 16.2. The Morgan fingerprint density at radius 2 is 2.13 bits per heavy atom. The largest absolute Gasteiger partial charge is 0.384 e. The number of nitrogens with zero attached hydrogens (tertiary/aromatic N) is 2. The van der Waals surface area contributed by atoms with Crippen molar-refractivity contribution >= 4 is 23.3 Å². The molecule has 0 radical (unpaired) electrons. The van der Waals surface area contributed by atoms with Crippen molar-refractivity contribution < 1.29 is 14.3 Å². The summed E-state index contributed by atoms with van der Waals surface area (Å²) in [6.45, 7) is 4.91. The van der Waals surface area contributed by atoms with Crippen molar-refractivity contribution in [3.8, 4) is 6.07 Å². The molecule has 1 fully saturated rings. The number of nitrogens with one attached hydrogen (secondary N) is 1. The highest BCUT2D eigenvalue weighted by atomic mass is 16.5. The fraction of sp³-hybridized carbons (Fsp3) is 0.417. The van der Waals surface area contributed by atoms with Crippen LogP contribution in [0.1, 0.15) is 36.8 Å². The van der Waals surface area contributed by atoms with E-state index >= 15 is 0 Å². The Bertz CT molecular complexity index is 876. The molecule has 0 aromatic heterocycles. The number of hydrogen-bond acceptors (Lipinski definition) is 6. The predicted octanol–water partition coefficient (Wildman–Crippen LogP) is 4.24. The van der Waals surface area contributed by atoms with Gasteiger partial charge in [0.25, 0.3) is 0 Å². The zero-order valence-corrected chi connectivity index (χ0v) is 17.6. The van der Waals surface area contributed by atoms with Gasteiger partial charge in [0.05, 0.1) is 48.9 Å². The van der Waals surface area contributed by atoms with Gasteiger partial charge >= 0.3 is 0 Å². The number of nitriles is 1. The van der Waals surface area contributed by atoms with Gasteiger partial charge in [-0.2, -0.15) is 5.26 Å². The molecule has 2 aromatic carbocycles. The van der Waals surface area contributed by atoms with Crippen LogP contribution in [0.2, 0.25) is 0 Å². The molecule has 2 aromatic rings. The van der Waals surface area contributed by atoms with Crippen molar-refractivity contribution in [3.63, 3.8) is 0 Å². The van der Waals surface area contributed by atoms with Crippen LogP contribution in [0.3, 0.4) is 0 Å². The fourth-order valence-corrected chi connectivity index (χ4v) is 3.87. The summed E-state index contributed by atoms with van der Waals surface area (Å²) in [4.78, 5) is 13.6. The zero-order valence-electron chi connectivity index (χ0n) is 17.6. The first kappa shape index (κ1) is 21.8. The molecule has 1 heterocycles. The average Bonchev–Trinajstić information content (AvgIpc) is 2.79. The van der Waals surface area contributed by atoms with E-state index in [0.717, 1.165) is 41.9 Å². The van der Waals surface area contributed by atoms with E-state index < -0.39 is 0 Å². The van der Waals surface area contributed by atoms with Crippen LogP contribution in [0, 0.1) is 11.3 Å². The van der Waals surface area contributed by atoms with E-state index in [0.29, 0.717) is 37.8 Å². The van der Waals surface area contributed by atoms with Gasteiger partial charge in [0.2, 0.25) is 0 Å². The minimum absolute atomic E-state index is 0.00901. The highest BCUT2D eigenvalue weighted by Crippen LogP contribution is 2.35. The van der Waals surface area contributed by atoms with Crippen LogP contribution in [0.4, 0.5) is 17.1 Å². The molecule has 0 aliphatic carbocycles. The summed E-state index contributed by atoms with van der Waals surface area (Å²) in [5.74, 6) is 0.00901.